The van der Waals surface area contributed by atoms with Crippen LogP contribution in [0.1, 0.15) is 13.8 Å². The first-order chi connectivity index (χ1) is 1.41. The van der Waals surface area contributed by atoms with Crippen LogP contribution in [0.4, 0.5) is 0 Å². The smallest absolute Gasteiger partial charge is 0 e. The van der Waals surface area contributed by atoms with Crippen molar-refractivity contribution in [3.8, 4) is 0 Å². The molecular formula is C3H7Ti2. The first kappa shape index (κ1) is 16.1. The average molecular weight is 139 g/mol. The second kappa shape index (κ2) is 18.1. The second-order valence-corrected chi connectivity index (χ2v) is 0.577. The van der Waals surface area contributed by atoms with Crippen molar-refractivity contribution in [3.05, 3.63) is 6.42 Å². The Hall–Kier alpha value is 1.43. The van der Waals surface area contributed by atoms with Gasteiger partial charge in [-0.1, -0.05) is 13.8 Å². The molecule has 0 fully saturated rings. The molecular weight excluding hydrogens is 132 g/mol. The molecule has 0 atom stereocenters. The molecule has 0 aliphatic heterocycles. The van der Waals surface area contributed by atoms with Crippen molar-refractivity contribution < 1.29 is 43.4 Å². The van der Waals surface area contributed by atoms with Gasteiger partial charge in [0, 0.05) is 43.4 Å². The molecule has 0 aliphatic carbocycles. The summed E-state index contributed by atoms with van der Waals surface area (Å²) in [5, 5.41) is 0. The van der Waals surface area contributed by atoms with Crippen LogP contribution in [-0.2, 0) is 43.4 Å². The minimum absolute atomic E-state index is 0. The van der Waals surface area contributed by atoms with Gasteiger partial charge in [-0.15, -0.1) is 0 Å². The van der Waals surface area contributed by atoms with Crippen LogP contribution in [0, 0.1) is 6.42 Å². The summed E-state index contributed by atoms with van der Waals surface area (Å²) in [6, 6.07) is 0. The Morgan fingerprint density at radius 1 is 1.00 bits per heavy atom. The summed E-state index contributed by atoms with van der Waals surface area (Å²) in [6.45, 7) is 4.00. The van der Waals surface area contributed by atoms with Gasteiger partial charge in [0.15, 0.2) is 0 Å². The van der Waals surface area contributed by atoms with Crippen LogP contribution < -0.4 is 0 Å². The van der Waals surface area contributed by atoms with Crippen molar-refractivity contribution in [3.63, 3.8) is 0 Å². The first-order valence-corrected chi connectivity index (χ1v) is 1.15. The van der Waals surface area contributed by atoms with Crippen LogP contribution in [0.2, 0.25) is 0 Å². The normalized spacial score (nSPS) is 3.60. The fraction of sp³-hybridized carbons (Fsp3) is 0.667. The Balaban J connectivity index is -0.0000000200. The summed E-state index contributed by atoms with van der Waals surface area (Å²) in [6.07, 6.45) is 2.00. The molecule has 0 N–H and O–H groups in total. The van der Waals surface area contributed by atoms with E-state index in [0.717, 1.165) is 0 Å². The van der Waals surface area contributed by atoms with Gasteiger partial charge >= 0.3 is 0 Å². The average Bonchev–Trinajstić information content (AvgIpc) is 0.918. The van der Waals surface area contributed by atoms with Crippen LogP contribution >= 0.6 is 0 Å². The first-order valence-electron chi connectivity index (χ1n) is 1.15. The van der Waals surface area contributed by atoms with Gasteiger partial charge in [0.05, 0.1) is 0 Å². The minimum Gasteiger partial charge on any atom is -0.0625 e. The van der Waals surface area contributed by atoms with E-state index >= 15 is 0 Å². The second-order valence-electron chi connectivity index (χ2n) is 0.577. The molecule has 0 aliphatic rings. The molecule has 27 valence electrons. The third kappa shape index (κ3) is 31.3. The van der Waals surface area contributed by atoms with E-state index in [1.165, 1.54) is 0 Å². The van der Waals surface area contributed by atoms with Gasteiger partial charge in [-0.3, -0.25) is 0 Å². The predicted molar refractivity (Wildman–Crippen MR) is 15.6 cm³/mol. The van der Waals surface area contributed by atoms with Crippen LogP contribution in [0.25, 0.3) is 0 Å². The molecule has 0 aromatic rings. The number of hydrogen-bond acceptors (Lipinski definition) is 0. The summed E-state index contributed by atoms with van der Waals surface area (Å²) in [4.78, 5) is 0. The minimum atomic E-state index is 0. The summed E-state index contributed by atoms with van der Waals surface area (Å²) in [5.41, 5.74) is 0. The van der Waals surface area contributed by atoms with Gasteiger partial charge in [0.2, 0.25) is 0 Å². The van der Waals surface area contributed by atoms with Gasteiger partial charge < -0.3 is 0 Å². The van der Waals surface area contributed by atoms with E-state index in [-0.39, 0.29) is 43.4 Å². The van der Waals surface area contributed by atoms with E-state index in [0.29, 0.717) is 0 Å². The maximum atomic E-state index is 2.00. The van der Waals surface area contributed by atoms with Crippen molar-refractivity contribution in [2.45, 2.75) is 13.8 Å². The van der Waals surface area contributed by atoms with Gasteiger partial charge in [-0.25, -0.2) is 0 Å². The number of rotatable bonds is 0. The van der Waals surface area contributed by atoms with Crippen LogP contribution in [0.3, 0.4) is 0 Å². The molecule has 0 nitrogen and oxygen atoms in total. The molecule has 0 amide bonds. The maximum absolute atomic E-state index is 2.00. The Kier molecular flexibility index (Phi) is 58.2. The van der Waals surface area contributed by atoms with Crippen molar-refractivity contribution >= 4 is 0 Å². The third-order valence-corrected chi connectivity index (χ3v) is 0. The van der Waals surface area contributed by atoms with Gasteiger partial charge in [-0.2, -0.15) is 0 Å². The molecule has 0 saturated heterocycles. The zero-order chi connectivity index (χ0) is 2.71. The van der Waals surface area contributed by atoms with E-state index in [2.05, 4.69) is 0 Å². The van der Waals surface area contributed by atoms with E-state index in [9.17, 15) is 0 Å². The fourth-order valence-electron chi connectivity index (χ4n) is 0. The summed E-state index contributed by atoms with van der Waals surface area (Å²) in [5.74, 6) is 0. The fourth-order valence-corrected chi connectivity index (χ4v) is 0. The summed E-state index contributed by atoms with van der Waals surface area (Å²) in [7, 11) is 0. The number of hydrogen-bond donors (Lipinski definition) is 0. The van der Waals surface area contributed by atoms with Crippen LogP contribution in [0.5, 0.6) is 0 Å². The molecule has 0 saturated carbocycles. The Bertz CT molecular complexity index is 4.85. The molecule has 0 aromatic carbocycles. The Labute approximate surface area is 63.5 Å². The zero-order valence-corrected chi connectivity index (χ0v) is 6.70. The van der Waals surface area contributed by atoms with E-state index < -0.39 is 0 Å². The van der Waals surface area contributed by atoms with Crippen molar-refractivity contribution in [1.82, 2.24) is 0 Å². The SMILES string of the molecule is C[CH]C.[Ti].[Ti]. The molecule has 0 heterocycles. The van der Waals surface area contributed by atoms with Crippen LogP contribution in [0.15, 0.2) is 0 Å². The summed E-state index contributed by atoms with van der Waals surface area (Å²) < 4.78 is 0. The van der Waals surface area contributed by atoms with Crippen molar-refractivity contribution in [2.75, 3.05) is 0 Å². The predicted octanol–water partition coefficient (Wildman–Crippen LogP) is 1.23. The zero-order valence-electron chi connectivity index (χ0n) is 3.58. The maximum Gasteiger partial charge on any atom is 0 e. The monoisotopic (exact) mass is 139 g/mol. The Morgan fingerprint density at radius 3 is 1.00 bits per heavy atom. The van der Waals surface area contributed by atoms with E-state index in [1.54, 1.807) is 0 Å². The quantitative estimate of drug-likeness (QED) is 0.442. The van der Waals surface area contributed by atoms with Crippen molar-refractivity contribution in [1.29, 1.82) is 0 Å². The van der Waals surface area contributed by atoms with Gasteiger partial charge in [0.25, 0.3) is 0 Å². The van der Waals surface area contributed by atoms with Crippen LogP contribution in [-0.4, -0.2) is 0 Å². The van der Waals surface area contributed by atoms with E-state index in [1.807, 2.05) is 20.3 Å². The Morgan fingerprint density at radius 2 is 1.00 bits per heavy atom. The molecule has 0 aromatic heterocycles. The van der Waals surface area contributed by atoms with Gasteiger partial charge in [-0.05, 0) is 6.42 Å². The van der Waals surface area contributed by atoms with Gasteiger partial charge in [0.1, 0.15) is 0 Å². The molecule has 0 spiro atoms. The van der Waals surface area contributed by atoms with E-state index in [4.69, 9.17) is 0 Å². The van der Waals surface area contributed by atoms with Crippen molar-refractivity contribution in [2.24, 2.45) is 0 Å². The molecule has 0 unspecified atom stereocenters. The molecule has 2 heteroatoms. The molecule has 1 radical (unpaired) electrons. The molecule has 0 rings (SSSR count). The topological polar surface area (TPSA) is 0 Å². The molecule has 0 bridgehead atoms. The standard InChI is InChI=1S/C3H7.2Ti/c1-3-2;;/h3H,1-2H3;;. The summed E-state index contributed by atoms with van der Waals surface area (Å²) >= 11 is 0. The third-order valence-electron chi connectivity index (χ3n) is 0. The largest absolute Gasteiger partial charge is 0.0625 e. The molecule has 5 heavy (non-hydrogen) atoms.